The Labute approximate surface area is 171 Å². The van der Waals surface area contributed by atoms with Crippen LogP contribution in [-0.2, 0) is 16.1 Å². The summed E-state index contributed by atoms with van der Waals surface area (Å²) >= 11 is 3.42. The minimum Gasteiger partial charge on any atom is -0.488 e. The summed E-state index contributed by atoms with van der Waals surface area (Å²) in [6.07, 6.45) is 1.54. The lowest BCUT2D eigenvalue weighted by atomic mass is 10.2. The fourth-order valence-corrected chi connectivity index (χ4v) is 3.04. The highest BCUT2D eigenvalue weighted by Gasteiger charge is 2.13. The van der Waals surface area contributed by atoms with E-state index in [2.05, 4.69) is 26.5 Å². The fraction of sp³-hybridized carbons (Fsp3) is 0.300. The van der Waals surface area contributed by atoms with Crippen LogP contribution in [-0.4, -0.2) is 49.9 Å². The first-order valence-corrected chi connectivity index (χ1v) is 9.68. The molecule has 0 bridgehead atoms. The van der Waals surface area contributed by atoms with Crippen molar-refractivity contribution in [1.29, 1.82) is 0 Å². The van der Waals surface area contributed by atoms with Crippen LogP contribution in [0, 0.1) is 5.82 Å². The Balaban J connectivity index is 1.57. The number of rotatable bonds is 7. The van der Waals surface area contributed by atoms with Crippen molar-refractivity contribution in [3.05, 3.63) is 63.9 Å². The van der Waals surface area contributed by atoms with Gasteiger partial charge in [0.1, 0.15) is 18.2 Å². The summed E-state index contributed by atoms with van der Waals surface area (Å²) < 4.78 is 25.0. The van der Waals surface area contributed by atoms with Gasteiger partial charge in [-0.3, -0.25) is 9.69 Å². The Kier molecular flexibility index (Phi) is 7.53. The molecule has 6 nitrogen and oxygen atoms in total. The zero-order chi connectivity index (χ0) is 19.8. The van der Waals surface area contributed by atoms with E-state index in [0.29, 0.717) is 31.1 Å². The Morgan fingerprint density at radius 2 is 2.00 bits per heavy atom. The molecule has 0 aromatic heterocycles. The quantitative estimate of drug-likeness (QED) is 0.521. The third kappa shape index (κ3) is 6.40. The molecule has 0 saturated carbocycles. The molecule has 1 saturated heterocycles. The fourth-order valence-electron chi connectivity index (χ4n) is 2.66. The first-order chi connectivity index (χ1) is 13.6. The Morgan fingerprint density at radius 3 is 2.75 bits per heavy atom. The van der Waals surface area contributed by atoms with Gasteiger partial charge in [-0.15, -0.1) is 0 Å². The summed E-state index contributed by atoms with van der Waals surface area (Å²) in [4.78, 5) is 14.0. The molecule has 1 amide bonds. The summed E-state index contributed by atoms with van der Waals surface area (Å²) in [6, 6.07) is 11.7. The van der Waals surface area contributed by atoms with E-state index in [0.717, 1.165) is 23.1 Å². The van der Waals surface area contributed by atoms with Crippen LogP contribution in [0.25, 0.3) is 0 Å². The van der Waals surface area contributed by atoms with E-state index in [1.807, 2.05) is 23.1 Å². The molecular formula is C20H21BrFN3O3. The number of ether oxygens (including phenoxy) is 2. The molecule has 1 N–H and O–H groups in total. The molecule has 0 radical (unpaired) electrons. The molecule has 0 spiro atoms. The summed E-state index contributed by atoms with van der Waals surface area (Å²) in [6.45, 7) is 3.35. The number of amides is 1. The maximum Gasteiger partial charge on any atom is 0.254 e. The lowest BCUT2D eigenvalue weighted by molar-refractivity contribution is -0.123. The van der Waals surface area contributed by atoms with Gasteiger partial charge in [0, 0.05) is 23.1 Å². The number of halogens is 2. The van der Waals surface area contributed by atoms with Crippen molar-refractivity contribution in [3.63, 3.8) is 0 Å². The second-order valence-corrected chi connectivity index (χ2v) is 7.19. The molecule has 3 rings (SSSR count). The number of benzene rings is 2. The minimum atomic E-state index is -0.284. The van der Waals surface area contributed by atoms with Crippen molar-refractivity contribution in [3.8, 4) is 5.75 Å². The van der Waals surface area contributed by atoms with Crippen LogP contribution in [0.15, 0.2) is 52.0 Å². The van der Waals surface area contributed by atoms with Crippen LogP contribution in [0.3, 0.4) is 0 Å². The number of carbonyl (C=O) groups is 1. The second kappa shape index (κ2) is 10.3. The van der Waals surface area contributed by atoms with E-state index in [4.69, 9.17) is 9.47 Å². The van der Waals surface area contributed by atoms with E-state index in [1.165, 1.54) is 12.1 Å². The Morgan fingerprint density at radius 1 is 1.25 bits per heavy atom. The number of nitrogens with zero attached hydrogens (tertiary/aromatic N) is 2. The van der Waals surface area contributed by atoms with Crippen LogP contribution in [0.1, 0.15) is 11.1 Å². The van der Waals surface area contributed by atoms with E-state index < -0.39 is 0 Å². The average Bonchev–Trinajstić information content (AvgIpc) is 2.69. The van der Waals surface area contributed by atoms with E-state index in [-0.39, 0.29) is 18.3 Å². The average molecular weight is 450 g/mol. The molecule has 1 fully saturated rings. The van der Waals surface area contributed by atoms with E-state index in [1.54, 1.807) is 18.3 Å². The number of hydrazone groups is 1. The molecule has 2 aromatic rings. The van der Waals surface area contributed by atoms with Crippen molar-refractivity contribution in [2.75, 3.05) is 32.8 Å². The van der Waals surface area contributed by atoms with Crippen molar-refractivity contribution >= 4 is 28.1 Å². The molecule has 1 aliphatic rings. The molecule has 0 aliphatic carbocycles. The number of morpholine rings is 1. The van der Waals surface area contributed by atoms with Gasteiger partial charge in [0.05, 0.1) is 26.0 Å². The highest BCUT2D eigenvalue weighted by atomic mass is 79.9. The van der Waals surface area contributed by atoms with E-state index >= 15 is 0 Å². The first-order valence-electron chi connectivity index (χ1n) is 8.89. The van der Waals surface area contributed by atoms with Gasteiger partial charge >= 0.3 is 0 Å². The Bertz CT molecular complexity index is 824. The monoisotopic (exact) mass is 449 g/mol. The predicted molar refractivity (Wildman–Crippen MR) is 108 cm³/mol. The van der Waals surface area contributed by atoms with Crippen LogP contribution >= 0.6 is 15.9 Å². The molecule has 1 aliphatic heterocycles. The van der Waals surface area contributed by atoms with Gasteiger partial charge in [-0.05, 0) is 35.9 Å². The summed E-state index contributed by atoms with van der Waals surface area (Å²) in [5, 5.41) is 4.04. The summed E-state index contributed by atoms with van der Waals surface area (Å²) in [5.74, 6) is 0.147. The molecule has 8 heteroatoms. The van der Waals surface area contributed by atoms with Crippen LogP contribution in [0.2, 0.25) is 0 Å². The predicted octanol–water partition coefficient (Wildman–Crippen LogP) is 2.95. The van der Waals surface area contributed by atoms with Gasteiger partial charge in [-0.25, -0.2) is 9.82 Å². The second-order valence-electron chi connectivity index (χ2n) is 6.28. The molecule has 2 aromatic carbocycles. The highest BCUT2D eigenvalue weighted by molar-refractivity contribution is 9.10. The lowest BCUT2D eigenvalue weighted by Crippen LogP contribution is -2.42. The van der Waals surface area contributed by atoms with Crippen LogP contribution in [0.4, 0.5) is 4.39 Å². The third-order valence-electron chi connectivity index (χ3n) is 4.14. The molecule has 0 unspecified atom stereocenters. The topological polar surface area (TPSA) is 63.2 Å². The maximum absolute atomic E-state index is 13.0. The number of hydrogen-bond acceptors (Lipinski definition) is 5. The van der Waals surface area contributed by atoms with Gasteiger partial charge in [-0.1, -0.05) is 28.1 Å². The lowest BCUT2D eigenvalue weighted by Gasteiger charge is -2.25. The van der Waals surface area contributed by atoms with Gasteiger partial charge in [0.15, 0.2) is 0 Å². The molecule has 0 atom stereocenters. The number of nitrogens with one attached hydrogen (secondary N) is 1. The third-order valence-corrected chi connectivity index (χ3v) is 4.64. The molecular weight excluding hydrogens is 429 g/mol. The minimum absolute atomic E-state index is 0.179. The first kappa shape index (κ1) is 20.4. The SMILES string of the molecule is O=C(CN1CCOCC1)N/N=C/c1cc(Br)ccc1OCc1ccc(F)cc1. The molecule has 148 valence electrons. The highest BCUT2D eigenvalue weighted by Crippen LogP contribution is 2.23. The summed E-state index contributed by atoms with van der Waals surface area (Å²) in [5.41, 5.74) is 4.10. The van der Waals surface area contributed by atoms with Gasteiger partial charge in [0.25, 0.3) is 5.91 Å². The number of carbonyl (C=O) groups excluding carboxylic acids is 1. The largest absolute Gasteiger partial charge is 0.488 e. The zero-order valence-corrected chi connectivity index (χ0v) is 16.8. The van der Waals surface area contributed by atoms with Crippen molar-refractivity contribution < 1.29 is 18.7 Å². The van der Waals surface area contributed by atoms with Gasteiger partial charge < -0.3 is 9.47 Å². The molecule has 1 heterocycles. The van der Waals surface area contributed by atoms with E-state index in [9.17, 15) is 9.18 Å². The van der Waals surface area contributed by atoms with Crippen LogP contribution in [0.5, 0.6) is 5.75 Å². The van der Waals surface area contributed by atoms with Crippen LogP contribution < -0.4 is 10.2 Å². The smallest absolute Gasteiger partial charge is 0.254 e. The zero-order valence-electron chi connectivity index (χ0n) is 15.2. The van der Waals surface area contributed by atoms with Crippen molar-refractivity contribution in [2.24, 2.45) is 5.10 Å². The van der Waals surface area contributed by atoms with Gasteiger partial charge in [0.2, 0.25) is 0 Å². The molecule has 28 heavy (non-hydrogen) atoms. The maximum atomic E-state index is 13.0. The normalized spacial score (nSPS) is 14.9. The Hall–Kier alpha value is -2.29. The van der Waals surface area contributed by atoms with Crippen molar-refractivity contribution in [2.45, 2.75) is 6.61 Å². The van der Waals surface area contributed by atoms with Crippen molar-refractivity contribution in [1.82, 2.24) is 10.3 Å². The summed E-state index contributed by atoms with van der Waals surface area (Å²) in [7, 11) is 0. The standard InChI is InChI=1S/C20H21BrFN3O3/c21-17-3-6-19(28-14-15-1-4-18(22)5-2-15)16(11-17)12-23-24-20(26)13-25-7-9-27-10-8-25/h1-6,11-12H,7-10,13-14H2,(H,24,26)/b23-12+. The van der Waals surface area contributed by atoms with Gasteiger partial charge in [-0.2, -0.15) is 5.10 Å². The number of hydrogen-bond donors (Lipinski definition) is 1.